The summed E-state index contributed by atoms with van der Waals surface area (Å²) in [5.41, 5.74) is 1.30. The molecule has 0 radical (unpaired) electrons. The number of nitrogens with one attached hydrogen (secondary N) is 1. The van der Waals surface area contributed by atoms with Crippen LogP contribution in [0.4, 0.5) is 0 Å². The van der Waals surface area contributed by atoms with Crippen LogP contribution in [-0.2, 0) is 0 Å². The van der Waals surface area contributed by atoms with Gasteiger partial charge in [-0.3, -0.25) is 0 Å². The second-order valence-electron chi connectivity index (χ2n) is 5.37. The molecule has 2 rings (SSSR count). The van der Waals surface area contributed by atoms with E-state index in [-0.39, 0.29) is 0 Å². The zero-order valence-electron chi connectivity index (χ0n) is 11.9. The van der Waals surface area contributed by atoms with Gasteiger partial charge in [0.2, 0.25) is 0 Å². The van der Waals surface area contributed by atoms with E-state index in [2.05, 4.69) is 24.4 Å². The minimum Gasteiger partial charge on any atom is -0.495 e. The number of benzene rings is 1. The van der Waals surface area contributed by atoms with Crippen LogP contribution in [0.2, 0.25) is 5.02 Å². The lowest BCUT2D eigenvalue weighted by Gasteiger charge is -2.25. The van der Waals surface area contributed by atoms with Gasteiger partial charge in [0.1, 0.15) is 5.75 Å². The highest BCUT2D eigenvalue weighted by Gasteiger charge is 2.26. The smallest absolute Gasteiger partial charge is 0.137 e. The zero-order chi connectivity index (χ0) is 13.7. The van der Waals surface area contributed by atoms with Crippen molar-refractivity contribution in [2.45, 2.75) is 45.1 Å². The molecule has 1 N–H and O–H groups in total. The lowest BCUT2D eigenvalue weighted by Crippen LogP contribution is -2.27. The fourth-order valence-corrected chi connectivity index (χ4v) is 3.29. The highest BCUT2D eigenvalue weighted by atomic mass is 35.5. The molecule has 0 aromatic heterocycles. The molecule has 19 heavy (non-hydrogen) atoms. The maximum atomic E-state index is 6.26. The van der Waals surface area contributed by atoms with Gasteiger partial charge in [-0.1, -0.05) is 37.4 Å². The van der Waals surface area contributed by atoms with Gasteiger partial charge in [0.25, 0.3) is 0 Å². The van der Waals surface area contributed by atoms with Crippen molar-refractivity contribution in [3.8, 4) is 5.75 Å². The van der Waals surface area contributed by atoms with Gasteiger partial charge >= 0.3 is 0 Å². The number of rotatable bonds is 6. The monoisotopic (exact) mass is 281 g/mol. The minimum atomic E-state index is 0.436. The molecule has 1 atom stereocenters. The summed E-state index contributed by atoms with van der Waals surface area (Å²) < 4.78 is 5.23. The predicted octanol–water partition coefficient (Wildman–Crippen LogP) is 4.58. The van der Waals surface area contributed by atoms with Crippen LogP contribution in [0.25, 0.3) is 0 Å². The molecule has 1 unspecified atom stereocenters. The van der Waals surface area contributed by atoms with Gasteiger partial charge in [0.15, 0.2) is 0 Å². The lowest BCUT2D eigenvalue weighted by atomic mass is 9.91. The normalized spacial score (nSPS) is 17.6. The zero-order valence-corrected chi connectivity index (χ0v) is 12.7. The van der Waals surface area contributed by atoms with Gasteiger partial charge < -0.3 is 10.1 Å². The molecular formula is C16H24ClNO. The Morgan fingerprint density at radius 2 is 2.11 bits per heavy atom. The Hall–Kier alpha value is -0.730. The Labute approximate surface area is 121 Å². The van der Waals surface area contributed by atoms with Crippen molar-refractivity contribution in [1.82, 2.24) is 5.32 Å². The van der Waals surface area contributed by atoms with E-state index < -0.39 is 0 Å². The summed E-state index contributed by atoms with van der Waals surface area (Å²) in [6.45, 7) is 3.27. The second kappa shape index (κ2) is 7.16. The van der Waals surface area contributed by atoms with E-state index in [1.54, 1.807) is 7.11 Å². The molecule has 106 valence electrons. The van der Waals surface area contributed by atoms with Gasteiger partial charge in [-0.15, -0.1) is 0 Å². The van der Waals surface area contributed by atoms with E-state index in [9.17, 15) is 0 Å². The van der Waals surface area contributed by atoms with Crippen LogP contribution < -0.4 is 10.1 Å². The van der Waals surface area contributed by atoms with Gasteiger partial charge in [-0.2, -0.15) is 0 Å². The summed E-state index contributed by atoms with van der Waals surface area (Å²) in [6, 6.07) is 6.63. The Kier molecular flexibility index (Phi) is 5.53. The fourth-order valence-electron chi connectivity index (χ4n) is 3.02. The molecule has 1 aromatic rings. The highest BCUT2D eigenvalue weighted by Crippen LogP contribution is 2.37. The van der Waals surface area contributed by atoms with Crippen molar-refractivity contribution in [1.29, 1.82) is 0 Å². The van der Waals surface area contributed by atoms with Crippen LogP contribution >= 0.6 is 11.6 Å². The quantitative estimate of drug-likeness (QED) is 0.824. The molecule has 0 heterocycles. The second-order valence-corrected chi connectivity index (χ2v) is 5.78. The Morgan fingerprint density at radius 1 is 1.37 bits per heavy atom. The van der Waals surface area contributed by atoms with Crippen molar-refractivity contribution in [2.24, 2.45) is 5.92 Å². The van der Waals surface area contributed by atoms with Crippen LogP contribution in [0.3, 0.4) is 0 Å². The maximum Gasteiger partial charge on any atom is 0.137 e. The van der Waals surface area contributed by atoms with E-state index in [4.69, 9.17) is 16.3 Å². The molecule has 1 aliphatic carbocycles. The van der Waals surface area contributed by atoms with Crippen molar-refractivity contribution < 1.29 is 4.74 Å². The Bertz CT molecular complexity index is 402. The van der Waals surface area contributed by atoms with E-state index in [0.29, 0.717) is 11.1 Å². The van der Waals surface area contributed by atoms with Crippen molar-refractivity contribution in [3.63, 3.8) is 0 Å². The average molecular weight is 282 g/mol. The molecule has 3 heteroatoms. The lowest BCUT2D eigenvalue weighted by molar-refractivity contribution is 0.367. The molecular weight excluding hydrogens is 258 g/mol. The molecule has 1 aliphatic rings. The van der Waals surface area contributed by atoms with Gasteiger partial charge in [0, 0.05) is 6.04 Å². The topological polar surface area (TPSA) is 21.3 Å². The summed E-state index contributed by atoms with van der Waals surface area (Å²) in [5.74, 6) is 1.50. The molecule has 0 amide bonds. The molecule has 0 aliphatic heterocycles. The third-order valence-electron chi connectivity index (χ3n) is 4.02. The molecule has 1 saturated carbocycles. The molecule has 1 fully saturated rings. The SMILES string of the molecule is CCCNC(c1ccc(OC)c(Cl)c1)C1CCCC1. The van der Waals surface area contributed by atoms with Crippen LogP contribution in [-0.4, -0.2) is 13.7 Å². The van der Waals surface area contributed by atoms with E-state index in [1.165, 1.54) is 31.2 Å². The van der Waals surface area contributed by atoms with E-state index in [0.717, 1.165) is 24.6 Å². The van der Waals surface area contributed by atoms with E-state index in [1.807, 2.05) is 6.07 Å². The number of hydrogen-bond acceptors (Lipinski definition) is 2. The largest absolute Gasteiger partial charge is 0.495 e. The van der Waals surface area contributed by atoms with Crippen molar-refractivity contribution >= 4 is 11.6 Å². The number of methoxy groups -OCH3 is 1. The van der Waals surface area contributed by atoms with E-state index >= 15 is 0 Å². The summed E-state index contributed by atoms with van der Waals surface area (Å²) in [7, 11) is 1.66. The van der Waals surface area contributed by atoms with Crippen LogP contribution in [0, 0.1) is 5.92 Å². The molecule has 1 aromatic carbocycles. The Morgan fingerprint density at radius 3 is 2.68 bits per heavy atom. The summed E-state index contributed by atoms with van der Waals surface area (Å²) in [5, 5.41) is 4.40. The van der Waals surface area contributed by atoms with Gasteiger partial charge in [-0.05, 0) is 49.4 Å². The number of ether oxygens (including phenoxy) is 1. The molecule has 0 spiro atoms. The molecule has 0 bridgehead atoms. The summed E-state index contributed by atoms with van der Waals surface area (Å²) in [6.07, 6.45) is 6.53. The Balaban J connectivity index is 2.18. The number of hydrogen-bond donors (Lipinski definition) is 1. The van der Waals surface area contributed by atoms with Crippen LogP contribution in [0.1, 0.15) is 50.6 Å². The summed E-state index contributed by atoms with van der Waals surface area (Å²) >= 11 is 6.26. The average Bonchev–Trinajstić information content (AvgIpc) is 2.93. The fraction of sp³-hybridized carbons (Fsp3) is 0.625. The first kappa shape index (κ1) is 14.7. The molecule has 0 saturated heterocycles. The number of halogens is 1. The third kappa shape index (κ3) is 3.64. The van der Waals surface area contributed by atoms with Gasteiger partial charge in [0.05, 0.1) is 12.1 Å². The summed E-state index contributed by atoms with van der Waals surface area (Å²) in [4.78, 5) is 0. The first-order chi connectivity index (χ1) is 9.26. The standard InChI is InChI=1S/C16H24ClNO/c1-3-10-18-16(12-6-4-5-7-12)13-8-9-15(19-2)14(17)11-13/h8-9,11-12,16,18H,3-7,10H2,1-2H3. The minimum absolute atomic E-state index is 0.436. The first-order valence-electron chi connectivity index (χ1n) is 7.33. The maximum absolute atomic E-state index is 6.26. The van der Waals surface area contributed by atoms with Crippen molar-refractivity contribution in [2.75, 3.05) is 13.7 Å². The predicted molar refractivity (Wildman–Crippen MR) is 81.0 cm³/mol. The molecule has 2 nitrogen and oxygen atoms in total. The highest BCUT2D eigenvalue weighted by molar-refractivity contribution is 6.32. The first-order valence-corrected chi connectivity index (χ1v) is 7.71. The van der Waals surface area contributed by atoms with Crippen LogP contribution in [0.15, 0.2) is 18.2 Å². The van der Waals surface area contributed by atoms with Crippen molar-refractivity contribution in [3.05, 3.63) is 28.8 Å². The van der Waals surface area contributed by atoms with Crippen LogP contribution in [0.5, 0.6) is 5.75 Å². The van der Waals surface area contributed by atoms with Gasteiger partial charge in [-0.25, -0.2) is 0 Å². The third-order valence-corrected chi connectivity index (χ3v) is 4.32.